The number of nitrogens with one attached hydrogen (secondary N) is 2. The van der Waals surface area contributed by atoms with Gasteiger partial charge in [-0.3, -0.25) is 9.52 Å². The highest BCUT2D eigenvalue weighted by atomic mass is 32.2. The van der Waals surface area contributed by atoms with Gasteiger partial charge in [0, 0.05) is 31.5 Å². The monoisotopic (exact) mass is 374 g/mol. The summed E-state index contributed by atoms with van der Waals surface area (Å²) in [6.07, 6.45) is 2.25. The molecular weight excluding hydrogens is 352 g/mol. The number of ether oxygens (including phenoxy) is 1. The summed E-state index contributed by atoms with van der Waals surface area (Å²) >= 11 is 0. The summed E-state index contributed by atoms with van der Waals surface area (Å²) in [6, 6.07) is 15.4. The largest absolute Gasteiger partial charge is 0.385 e. The van der Waals surface area contributed by atoms with Gasteiger partial charge < -0.3 is 10.1 Å². The number of amides is 1. The van der Waals surface area contributed by atoms with E-state index in [1.807, 2.05) is 30.3 Å². The normalized spacial score (nSPS) is 11.4. The molecule has 0 saturated carbocycles. The van der Waals surface area contributed by atoms with Gasteiger partial charge in [0.05, 0.1) is 5.41 Å². The molecule has 0 spiro atoms. The second-order valence-corrected chi connectivity index (χ2v) is 7.11. The predicted molar refractivity (Wildman–Crippen MR) is 103 cm³/mol. The first kappa shape index (κ1) is 19.7. The fourth-order valence-corrected chi connectivity index (χ4v) is 3.01. The van der Waals surface area contributed by atoms with Crippen LogP contribution in [0.3, 0.4) is 0 Å². The maximum atomic E-state index is 12.1. The van der Waals surface area contributed by atoms with Gasteiger partial charge >= 0.3 is 0 Å². The van der Waals surface area contributed by atoms with Gasteiger partial charge in [-0.15, -0.1) is 0 Å². The van der Waals surface area contributed by atoms with Crippen molar-refractivity contribution in [3.8, 4) is 0 Å². The zero-order valence-corrected chi connectivity index (χ0v) is 15.3. The summed E-state index contributed by atoms with van der Waals surface area (Å²) in [7, 11) is -2.02. The van der Waals surface area contributed by atoms with E-state index >= 15 is 0 Å². The van der Waals surface area contributed by atoms with E-state index in [-0.39, 0.29) is 5.91 Å². The molecule has 0 saturated heterocycles. The third-order valence-corrected chi connectivity index (χ3v) is 4.47. The minimum atomic E-state index is -3.63. The number of hydrogen-bond acceptors (Lipinski definition) is 4. The van der Waals surface area contributed by atoms with Gasteiger partial charge in [0.1, 0.15) is 0 Å². The first-order chi connectivity index (χ1) is 12.5. The molecule has 0 fully saturated rings. The average Bonchev–Trinajstić information content (AvgIpc) is 2.65. The Hall–Kier alpha value is -2.64. The Morgan fingerprint density at radius 3 is 2.42 bits per heavy atom. The molecule has 26 heavy (non-hydrogen) atoms. The highest BCUT2D eigenvalue weighted by Gasteiger charge is 2.08. The molecule has 0 aromatic heterocycles. The quantitative estimate of drug-likeness (QED) is 0.661. The summed E-state index contributed by atoms with van der Waals surface area (Å²) in [4.78, 5) is 12.0. The number of hydrogen-bond donors (Lipinski definition) is 2. The Morgan fingerprint density at radius 1 is 1.08 bits per heavy atom. The average molecular weight is 374 g/mol. The van der Waals surface area contributed by atoms with Crippen molar-refractivity contribution in [2.75, 3.05) is 25.0 Å². The van der Waals surface area contributed by atoms with Gasteiger partial charge in [-0.05, 0) is 42.3 Å². The Bertz CT molecular complexity index is 832. The molecule has 7 heteroatoms. The van der Waals surface area contributed by atoms with E-state index in [1.165, 1.54) is 6.08 Å². The van der Waals surface area contributed by atoms with Crippen molar-refractivity contribution < 1.29 is 17.9 Å². The number of sulfonamides is 1. The minimum absolute atomic E-state index is 0.209. The standard InChI is InChI=1S/C19H22N2O4S/c1-25-14-5-13-20-19(22)17-8-10-18(11-9-17)21-26(23,24)15-12-16-6-3-2-4-7-16/h2-4,6-12,15,21H,5,13-14H2,1H3,(H,20,22)/b15-12+. The van der Waals surface area contributed by atoms with Crippen molar-refractivity contribution in [3.05, 3.63) is 71.1 Å². The van der Waals surface area contributed by atoms with Crippen molar-refractivity contribution in [2.24, 2.45) is 0 Å². The van der Waals surface area contributed by atoms with E-state index in [0.29, 0.717) is 24.4 Å². The van der Waals surface area contributed by atoms with E-state index in [9.17, 15) is 13.2 Å². The molecule has 0 bridgehead atoms. The van der Waals surface area contributed by atoms with Crippen molar-refractivity contribution in [1.29, 1.82) is 0 Å². The highest BCUT2D eigenvalue weighted by Crippen LogP contribution is 2.13. The molecule has 0 aliphatic carbocycles. The number of anilines is 1. The first-order valence-corrected chi connectivity index (χ1v) is 9.68. The molecule has 0 unspecified atom stereocenters. The van der Waals surface area contributed by atoms with Crippen LogP contribution in [0.2, 0.25) is 0 Å². The molecule has 0 heterocycles. The Balaban J connectivity index is 1.93. The molecule has 2 aromatic rings. The van der Waals surface area contributed by atoms with Crippen LogP contribution in [0.25, 0.3) is 6.08 Å². The maximum Gasteiger partial charge on any atom is 0.255 e. The third kappa shape index (κ3) is 6.70. The van der Waals surface area contributed by atoms with E-state index in [4.69, 9.17) is 4.74 Å². The van der Waals surface area contributed by atoms with E-state index in [1.54, 1.807) is 31.4 Å². The number of carbonyl (C=O) groups excluding carboxylic acids is 1. The smallest absolute Gasteiger partial charge is 0.255 e. The van der Waals surface area contributed by atoms with Gasteiger partial charge in [-0.25, -0.2) is 8.42 Å². The lowest BCUT2D eigenvalue weighted by atomic mass is 10.2. The maximum absolute atomic E-state index is 12.1. The lowest BCUT2D eigenvalue weighted by Crippen LogP contribution is -2.25. The molecule has 2 aromatic carbocycles. The second-order valence-electron chi connectivity index (χ2n) is 5.54. The molecular formula is C19H22N2O4S. The fourth-order valence-electron chi connectivity index (χ4n) is 2.14. The zero-order chi connectivity index (χ0) is 18.8. The van der Waals surface area contributed by atoms with Crippen LogP contribution < -0.4 is 10.0 Å². The van der Waals surface area contributed by atoms with E-state index < -0.39 is 10.0 Å². The van der Waals surface area contributed by atoms with Crippen LogP contribution in [-0.2, 0) is 14.8 Å². The van der Waals surface area contributed by atoms with Gasteiger partial charge in [0.2, 0.25) is 0 Å². The minimum Gasteiger partial charge on any atom is -0.385 e. The molecule has 2 rings (SSSR count). The van der Waals surface area contributed by atoms with E-state index in [0.717, 1.165) is 17.4 Å². The molecule has 0 atom stereocenters. The fraction of sp³-hybridized carbons (Fsp3) is 0.211. The van der Waals surface area contributed by atoms with Crippen molar-refractivity contribution in [1.82, 2.24) is 5.32 Å². The zero-order valence-electron chi connectivity index (χ0n) is 14.5. The summed E-state index contributed by atoms with van der Waals surface area (Å²) in [6.45, 7) is 1.10. The van der Waals surface area contributed by atoms with Crippen molar-refractivity contribution in [3.63, 3.8) is 0 Å². The van der Waals surface area contributed by atoms with Crippen LogP contribution in [0.15, 0.2) is 60.0 Å². The number of methoxy groups -OCH3 is 1. The Labute approximate surface area is 153 Å². The van der Waals surface area contributed by atoms with Crippen LogP contribution in [0.1, 0.15) is 22.3 Å². The molecule has 0 aliphatic rings. The second kappa shape index (κ2) is 9.74. The van der Waals surface area contributed by atoms with Crippen LogP contribution >= 0.6 is 0 Å². The topological polar surface area (TPSA) is 84.5 Å². The van der Waals surface area contributed by atoms with Crippen molar-refractivity contribution in [2.45, 2.75) is 6.42 Å². The van der Waals surface area contributed by atoms with Gasteiger partial charge in [0.25, 0.3) is 15.9 Å². The number of rotatable bonds is 9. The van der Waals surface area contributed by atoms with Crippen LogP contribution in [0.5, 0.6) is 0 Å². The molecule has 1 amide bonds. The van der Waals surface area contributed by atoms with Crippen molar-refractivity contribution >= 4 is 27.7 Å². The SMILES string of the molecule is COCCCNC(=O)c1ccc(NS(=O)(=O)/C=C/c2ccccc2)cc1. The predicted octanol–water partition coefficient (Wildman–Crippen LogP) is 2.87. The van der Waals surface area contributed by atoms with Crippen LogP contribution in [0, 0.1) is 0 Å². The van der Waals surface area contributed by atoms with E-state index in [2.05, 4.69) is 10.0 Å². The lowest BCUT2D eigenvalue weighted by Gasteiger charge is -2.07. The summed E-state index contributed by atoms with van der Waals surface area (Å²) in [5.41, 5.74) is 1.64. The molecule has 0 aliphatic heterocycles. The highest BCUT2D eigenvalue weighted by molar-refractivity contribution is 7.95. The van der Waals surface area contributed by atoms with Gasteiger partial charge in [-0.2, -0.15) is 0 Å². The number of benzene rings is 2. The Kier molecular flexibility index (Phi) is 7.37. The lowest BCUT2D eigenvalue weighted by molar-refractivity contribution is 0.0948. The van der Waals surface area contributed by atoms with Gasteiger partial charge in [0.15, 0.2) is 0 Å². The van der Waals surface area contributed by atoms with Crippen LogP contribution in [-0.4, -0.2) is 34.6 Å². The first-order valence-electron chi connectivity index (χ1n) is 8.13. The van der Waals surface area contributed by atoms with Crippen LogP contribution in [0.4, 0.5) is 5.69 Å². The third-order valence-electron chi connectivity index (χ3n) is 3.46. The summed E-state index contributed by atoms with van der Waals surface area (Å²) < 4.78 is 31.6. The summed E-state index contributed by atoms with van der Waals surface area (Å²) in [5, 5.41) is 3.88. The number of carbonyl (C=O) groups is 1. The molecule has 6 nitrogen and oxygen atoms in total. The molecule has 2 N–H and O–H groups in total. The van der Waals surface area contributed by atoms with Gasteiger partial charge in [-0.1, -0.05) is 30.3 Å². The Morgan fingerprint density at radius 2 is 1.77 bits per heavy atom. The molecule has 0 radical (unpaired) electrons. The summed E-state index contributed by atoms with van der Waals surface area (Å²) in [5.74, 6) is -0.209. The molecule has 138 valence electrons.